The molecule has 2 heteroatoms. The van der Waals surface area contributed by atoms with Crippen molar-refractivity contribution in [2.24, 2.45) is 0 Å². The van der Waals surface area contributed by atoms with Crippen molar-refractivity contribution >= 4 is 0 Å². The molecule has 0 saturated heterocycles. The average molecular weight is 457 g/mol. The molecule has 0 aliphatic heterocycles. The highest BCUT2D eigenvalue weighted by Gasteiger charge is 2.24. The Hall–Kier alpha value is -1.30. The highest BCUT2D eigenvalue weighted by atomic mass is 16.5. The van der Waals surface area contributed by atoms with Gasteiger partial charge in [0.15, 0.2) is 0 Å². The second-order valence-corrected chi connectivity index (χ2v) is 9.98. The number of rotatable bonds is 20. The number of aliphatic hydroxyl groups is 1. The van der Waals surface area contributed by atoms with Crippen molar-refractivity contribution in [2.75, 3.05) is 0 Å². The third-order valence-electron chi connectivity index (χ3n) is 6.35. The first kappa shape index (κ1) is 29.7. The molecule has 0 amide bonds. The second kappa shape index (κ2) is 20.1. The van der Waals surface area contributed by atoms with Crippen LogP contribution in [0, 0.1) is 11.8 Å². The Morgan fingerprint density at radius 3 is 1.94 bits per heavy atom. The van der Waals surface area contributed by atoms with Gasteiger partial charge in [0.2, 0.25) is 0 Å². The summed E-state index contributed by atoms with van der Waals surface area (Å²) in [6, 6.07) is 10.3. The Kier molecular flexibility index (Phi) is 18.1. The van der Waals surface area contributed by atoms with Gasteiger partial charge in [-0.2, -0.15) is 0 Å². The molecule has 2 atom stereocenters. The van der Waals surface area contributed by atoms with Crippen LogP contribution in [0.1, 0.15) is 135 Å². The van der Waals surface area contributed by atoms with Crippen LogP contribution in [0.25, 0.3) is 0 Å². The molecule has 0 aliphatic carbocycles. The van der Waals surface area contributed by atoms with Crippen molar-refractivity contribution in [3.05, 3.63) is 35.9 Å². The third kappa shape index (κ3) is 17.8. The van der Waals surface area contributed by atoms with E-state index in [1.165, 1.54) is 82.6 Å². The molecule has 1 unspecified atom stereocenters. The first-order valence-electron chi connectivity index (χ1n) is 14.0. The maximum Gasteiger partial charge on any atom is 0.125 e. The van der Waals surface area contributed by atoms with Gasteiger partial charge in [-0.25, -0.2) is 0 Å². The molecule has 2 nitrogen and oxygen atoms in total. The summed E-state index contributed by atoms with van der Waals surface area (Å²) in [5, 5.41) is 10.9. The lowest BCUT2D eigenvalue weighted by Gasteiger charge is -2.25. The normalized spacial score (nSPS) is 13.8. The standard InChI is InChI=1S/C31H52O2/c1-4-6-8-10-11-12-13-14-15-16-21-25-30(33-28-29-23-19-18-20-24-29)27-31(3,32)26-22-17-9-7-5-2/h18-20,23-24,30,32H,4-17,21,25,27-28H2,1-3H3/t30-,31?/m0/s1. The molecule has 188 valence electrons. The third-order valence-corrected chi connectivity index (χ3v) is 6.35. The first-order chi connectivity index (χ1) is 16.1. The zero-order valence-corrected chi connectivity index (χ0v) is 22.0. The van der Waals surface area contributed by atoms with Gasteiger partial charge in [-0.1, -0.05) is 134 Å². The molecule has 33 heavy (non-hydrogen) atoms. The lowest BCUT2D eigenvalue weighted by atomic mass is 9.95. The monoisotopic (exact) mass is 456 g/mol. The number of hydrogen-bond donors (Lipinski definition) is 1. The summed E-state index contributed by atoms with van der Waals surface area (Å²) in [6.45, 7) is 6.93. The fourth-order valence-corrected chi connectivity index (χ4v) is 4.28. The van der Waals surface area contributed by atoms with E-state index in [1.54, 1.807) is 0 Å². The topological polar surface area (TPSA) is 29.5 Å². The predicted molar refractivity (Wildman–Crippen MR) is 143 cm³/mol. The van der Waals surface area contributed by atoms with Crippen LogP contribution in [0.5, 0.6) is 0 Å². The van der Waals surface area contributed by atoms with Gasteiger partial charge in [-0.15, -0.1) is 5.92 Å². The zero-order chi connectivity index (χ0) is 24.0. The number of ether oxygens (including phenoxy) is 1. The van der Waals surface area contributed by atoms with E-state index in [4.69, 9.17) is 4.74 Å². The van der Waals surface area contributed by atoms with E-state index in [0.717, 1.165) is 25.7 Å². The smallest absolute Gasteiger partial charge is 0.125 e. The van der Waals surface area contributed by atoms with E-state index in [-0.39, 0.29) is 6.10 Å². The van der Waals surface area contributed by atoms with E-state index in [9.17, 15) is 5.11 Å². The van der Waals surface area contributed by atoms with E-state index in [2.05, 4.69) is 50.0 Å². The predicted octanol–water partition coefficient (Wildman–Crippen LogP) is 9.00. The Morgan fingerprint density at radius 2 is 1.33 bits per heavy atom. The quantitative estimate of drug-likeness (QED) is 0.157. The molecule has 0 aliphatic rings. The molecule has 1 aromatic carbocycles. The summed E-state index contributed by atoms with van der Waals surface area (Å²) in [7, 11) is 0. The van der Waals surface area contributed by atoms with E-state index in [0.29, 0.717) is 13.0 Å². The van der Waals surface area contributed by atoms with Gasteiger partial charge >= 0.3 is 0 Å². The van der Waals surface area contributed by atoms with Crippen molar-refractivity contribution in [1.82, 2.24) is 0 Å². The van der Waals surface area contributed by atoms with Crippen LogP contribution in [0.15, 0.2) is 30.3 Å². The Bertz CT molecular complexity index is 611. The van der Waals surface area contributed by atoms with E-state index < -0.39 is 5.60 Å². The number of unbranched alkanes of at least 4 members (excludes halogenated alkanes) is 13. The summed E-state index contributed by atoms with van der Waals surface area (Å²) in [5.74, 6) is 6.31. The zero-order valence-electron chi connectivity index (χ0n) is 22.0. The fourth-order valence-electron chi connectivity index (χ4n) is 4.28. The molecule has 0 aromatic heterocycles. The largest absolute Gasteiger partial charge is 0.378 e. The number of benzene rings is 1. The Morgan fingerprint density at radius 1 is 0.788 bits per heavy atom. The summed E-state index contributed by atoms with van der Waals surface area (Å²) in [5.41, 5.74) is 0.206. The highest BCUT2D eigenvalue weighted by molar-refractivity contribution is 5.14. The molecular weight excluding hydrogens is 404 g/mol. The summed E-state index contributed by atoms with van der Waals surface area (Å²) in [6.07, 6.45) is 20.8. The van der Waals surface area contributed by atoms with Crippen molar-refractivity contribution in [2.45, 2.75) is 148 Å². The maximum atomic E-state index is 10.9. The van der Waals surface area contributed by atoms with Crippen LogP contribution in [0.3, 0.4) is 0 Å². The van der Waals surface area contributed by atoms with Crippen LogP contribution in [-0.4, -0.2) is 16.8 Å². The van der Waals surface area contributed by atoms with Crippen molar-refractivity contribution in [1.29, 1.82) is 0 Å². The summed E-state index contributed by atoms with van der Waals surface area (Å²) in [4.78, 5) is 0. The van der Waals surface area contributed by atoms with Gasteiger partial charge in [-0.05, 0) is 25.3 Å². The van der Waals surface area contributed by atoms with Gasteiger partial charge in [0.25, 0.3) is 0 Å². The highest BCUT2D eigenvalue weighted by Crippen LogP contribution is 2.21. The minimum Gasteiger partial charge on any atom is -0.378 e. The molecule has 0 radical (unpaired) electrons. The Labute approximate surface area is 205 Å². The molecule has 0 saturated carbocycles. The first-order valence-corrected chi connectivity index (χ1v) is 14.0. The van der Waals surface area contributed by atoms with Gasteiger partial charge in [0.1, 0.15) is 5.60 Å². The summed E-state index contributed by atoms with van der Waals surface area (Å²) < 4.78 is 6.27. The van der Waals surface area contributed by atoms with Crippen LogP contribution in [0.4, 0.5) is 0 Å². The van der Waals surface area contributed by atoms with Crippen molar-refractivity contribution < 1.29 is 9.84 Å². The molecule has 1 rings (SSSR count). The molecule has 1 aromatic rings. The van der Waals surface area contributed by atoms with Crippen LogP contribution < -0.4 is 0 Å². The number of hydrogen-bond acceptors (Lipinski definition) is 2. The van der Waals surface area contributed by atoms with Gasteiger partial charge in [-0.3, -0.25) is 0 Å². The molecule has 0 bridgehead atoms. The van der Waals surface area contributed by atoms with Gasteiger partial charge in [0.05, 0.1) is 12.7 Å². The van der Waals surface area contributed by atoms with Crippen LogP contribution in [-0.2, 0) is 11.3 Å². The molecule has 0 heterocycles. The summed E-state index contributed by atoms with van der Waals surface area (Å²) >= 11 is 0. The van der Waals surface area contributed by atoms with E-state index in [1.807, 2.05) is 13.0 Å². The maximum absolute atomic E-state index is 10.9. The average Bonchev–Trinajstić information content (AvgIpc) is 2.81. The van der Waals surface area contributed by atoms with Gasteiger partial charge in [0, 0.05) is 12.8 Å². The van der Waals surface area contributed by atoms with Gasteiger partial charge < -0.3 is 9.84 Å². The molecular formula is C31H52O2. The molecule has 0 spiro atoms. The molecule has 0 fully saturated rings. The second-order valence-electron chi connectivity index (χ2n) is 9.98. The van der Waals surface area contributed by atoms with Crippen LogP contribution in [0.2, 0.25) is 0 Å². The fraction of sp³-hybridized carbons (Fsp3) is 0.742. The minimum absolute atomic E-state index is 0.0451. The lowest BCUT2D eigenvalue weighted by molar-refractivity contribution is -0.0171. The SMILES string of the molecule is CCCCCC#CC(C)(O)C[C@H](CCCCCCCCCCCCC)OCc1ccccc1. The molecule has 1 N–H and O–H groups in total. The minimum atomic E-state index is -0.981. The lowest BCUT2D eigenvalue weighted by Crippen LogP contribution is -2.30. The van der Waals surface area contributed by atoms with Crippen molar-refractivity contribution in [3.63, 3.8) is 0 Å². The van der Waals surface area contributed by atoms with E-state index >= 15 is 0 Å². The van der Waals surface area contributed by atoms with Crippen LogP contribution >= 0.6 is 0 Å². The Balaban J connectivity index is 2.36. The van der Waals surface area contributed by atoms with Crippen molar-refractivity contribution in [3.8, 4) is 11.8 Å².